The van der Waals surface area contributed by atoms with Crippen molar-refractivity contribution in [3.05, 3.63) is 66.5 Å². The maximum absolute atomic E-state index is 12.7. The quantitative estimate of drug-likeness (QED) is 0.682. The molecule has 7 nitrogen and oxygen atoms in total. The maximum atomic E-state index is 12.7. The van der Waals surface area contributed by atoms with Crippen molar-refractivity contribution < 1.29 is 14.7 Å². The molecular weight excluding hydrogens is 380 g/mol. The number of aromatic hydroxyl groups is 1. The van der Waals surface area contributed by atoms with Crippen LogP contribution in [0.15, 0.2) is 60.9 Å². The van der Waals surface area contributed by atoms with E-state index in [2.05, 4.69) is 15.3 Å². The first-order valence-corrected chi connectivity index (χ1v) is 9.85. The van der Waals surface area contributed by atoms with Crippen LogP contribution in [0.3, 0.4) is 0 Å². The number of carbonyl (C=O) groups excluding carboxylic acids is 2. The minimum Gasteiger partial charge on any atom is -0.508 e. The first kappa shape index (κ1) is 19.6. The Labute approximate surface area is 174 Å². The Bertz CT molecular complexity index is 1080. The van der Waals surface area contributed by atoms with Crippen molar-refractivity contribution in [1.82, 2.24) is 9.97 Å². The highest BCUT2D eigenvalue weighted by molar-refractivity contribution is 6.03. The standard InChI is InChI=1S/C23H22N4O3/c1-2-15-6-3-4-9-20(15)27-14-17(11-21(27)29)23(30)26-18-12-24-22(25-13-18)16-7-5-8-19(28)10-16/h3-10,12-13,17,28H,2,11,14H2,1H3,(H,26,30). The molecule has 1 aliphatic rings. The molecule has 0 radical (unpaired) electrons. The van der Waals surface area contributed by atoms with Crippen molar-refractivity contribution in [2.24, 2.45) is 5.92 Å². The van der Waals surface area contributed by atoms with E-state index in [-0.39, 0.29) is 24.0 Å². The molecule has 2 N–H and O–H groups in total. The van der Waals surface area contributed by atoms with Gasteiger partial charge in [0.05, 0.1) is 24.0 Å². The third-order valence-electron chi connectivity index (χ3n) is 5.18. The molecule has 0 saturated carbocycles. The highest BCUT2D eigenvalue weighted by Crippen LogP contribution is 2.29. The van der Waals surface area contributed by atoms with Gasteiger partial charge in [0, 0.05) is 24.2 Å². The first-order valence-electron chi connectivity index (χ1n) is 9.85. The van der Waals surface area contributed by atoms with Crippen LogP contribution in [0.25, 0.3) is 11.4 Å². The van der Waals surface area contributed by atoms with Gasteiger partial charge in [0.25, 0.3) is 0 Å². The highest BCUT2D eigenvalue weighted by Gasteiger charge is 2.35. The molecular formula is C23H22N4O3. The molecule has 152 valence electrons. The summed E-state index contributed by atoms with van der Waals surface area (Å²) < 4.78 is 0. The van der Waals surface area contributed by atoms with Crippen molar-refractivity contribution in [3.63, 3.8) is 0 Å². The summed E-state index contributed by atoms with van der Waals surface area (Å²) in [6.45, 7) is 2.40. The number of anilines is 2. The van der Waals surface area contributed by atoms with Crippen LogP contribution in [-0.4, -0.2) is 33.4 Å². The van der Waals surface area contributed by atoms with Crippen LogP contribution >= 0.6 is 0 Å². The number of phenols is 1. The molecule has 1 aliphatic heterocycles. The van der Waals surface area contributed by atoms with Gasteiger partial charge >= 0.3 is 0 Å². The average molecular weight is 402 g/mol. The minimum atomic E-state index is -0.437. The number of carbonyl (C=O) groups is 2. The zero-order chi connectivity index (χ0) is 21.1. The number of nitrogens with one attached hydrogen (secondary N) is 1. The summed E-state index contributed by atoms with van der Waals surface area (Å²) in [5, 5.41) is 12.4. The van der Waals surface area contributed by atoms with Crippen molar-refractivity contribution in [3.8, 4) is 17.1 Å². The fourth-order valence-electron chi connectivity index (χ4n) is 3.62. The van der Waals surface area contributed by atoms with Gasteiger partial charge in [-0.1, -0.05) is 37.3 Å². The molecule has 1 saturated heterocycles. The van der Waals surface area contributed by atoms with Gasteiger partial charge in [-0.25, -0.2) is 9.97 Å². The lowest BCUT2D eigenvalue weighted by atomic mass is 10.1. The van der Waals surface area contributed by atoms with Crippen LogP contribution in [-0.2, 0) is 16.0 Å². The van der Waals surface area contributed by atoms with Crippen LogP contribution in [0.2, 0.25) is 0 Å². The summed E-state index contributed by atoms with van der Waals surface area (Å²) in [5.74, 6) is -0.135. The van der Waals surface area contributed by atoms with Crippen molar-refractivity contribution in [2.75, 3.05) is 16.8 Å². The topological polar surface area (TPSA) is 95.4 Å². The first-order chi connectivity index (χ1) is 14.5. The number of phenolic OH excluding ortho intramolecular Hbond substituents is 1. The number of hydrogen-bond acceptors (Lipinski definition) is 5. The normalized spacial score (nSPS) is 16.0. The van der Waals surface area contributed by atoms with Gasteiger partial charge in [-0.15, -0.1) is 0 Å². The zero-order valence-corrected chi connectivity index (χ0v) is 16.6. The van der Waals surface area contributed by atoms with Gasteiger partial charge in [0.2, 0.25) is 11.8 Å². The Morgan fingerprint density at radius 1 is 1.17 bits per heavy atom. The molecule has 0 bridgehead atoms. The predicted octanol–water partition coefficient (Wildman–Crippen LogP) is 3.40. The molecule has 1 aromatic heterocycles. The lowest BCUT2D eigenvalue weighted by Gasteiger charge is -2.19. The maximum Gasteiger partial charge on any atom is 0.229 e. The van der Waals surface area contributed by atoms with Gasteiger partial charge in [0.15, 0.2) is 5.82 Å². The van der Waals surface area contributed by atoms with Crippen LogP contribution < -0.4 is 10.2 Å². The molecule has 0 spiro atoms. The summed E-state index contributed by atoms with van der Waals surface area (Å²) >= 11 is 0. The Kier molecular flexibility index (Phi) is 5.43. The monoisotopic (exact) mass is 402 g/mol. The molecule has 7 heteroatoms. The third-order valence-corrected chi connectivity index (χ3v) is 5.18. The van der Waals surface area contributed by atoms with E-state index in [1.165, 1.54) is 12.4 Å². The van der Waals surface area contributed by atoms with Crippen LogP contribution in [0.1, 0.15) is 18.9 Å². The van der Waals surface area contributed by atoms with Crippen LogP contribution in [0.5, 0.6) is 5.75 Å². The summed E-state index contributed by atoms with van der Waals surface area (Å²) in [6.07, 6.45) is 4.03. The van der Waals surface area contributed by atoms with E-state index in [9.17, 15) is 14.7 Å². The molecule has 1 atom stereocenters. The molecule has 3 aromatic rings. The second kappa shape index (κ2) is 8.32. The van der Waals surface area contributed by atoms with Gasteiger partial charge in [-0.3, -0.25) is 9.59 Å². The second-order valence-electron chi connectivity index (χ2n) is 7.22. The van der Waals surface area contributed by atoms with E-state index in [0.717, 1.165) is 17.7 Å². The summed E-state index contributed by atoms with van der Waals surface area (Å²) in [4.78, 5) is 35.5. The Balaban J connectivity index is 1.44. The van der Waals surface area contributed by atoms with E-state index in [1.54, 1.807) is 29.2 Å². The largest absolute Gasteiger partial charge is 0.508 e. The van der Waals surface area contributed by atoms with Crippen molar-refractivity contribution >= 4 is 23.2 Å². The van der Waals surface area contributed by atoms with Crippen LogP contribution in [0, 0.1) is 5.92 Å². The number of rotatable bonds is 5. The van der Waals surface area contributed by atoms with E-state index >= 15 is 0 Å². The van der Waals surface area contributed by atoms with Gasteiger partial charge in [0.1, 0.15) is 5.75 Å². The Hall–Kier alpha value is -3.74. The lowest BCUT2D eigenvalue weighted by Crippen LogP contribution is -2.28. The zero-order valence-electron chi connectivity index (χ0n) is 16.6. The number of para-hydroxylation sites is 1. The SMILES string of the molecule is CCc1ccccc1N1CC(C(=O)Nc2cnc(-c3cccc(O)c3)nc2)CC1=O. The minimum absolute atomic E-state index is 0.0495. The molecule has 2 aromatic carbocycles. The smallest absolute Gasteiger partial charge is 0.229 e. The van der Waals surface area contributed by atoms with E-state index < -0.39 is 5.92 Å². The van der Waals surface area contributed by atoms with E-state index in [1.807, 2.05) is 31.2 Å². The Morgan fingerprint density at radius 2 is 1.93 bits per heavy atom. The van der Waals surface area contributed by atoms with Gasteiger partial charge in [-0.05, 0) is 30.2 Å². The number of amides is 2. The summed E-state index contributed by atoms with van der Waals surface area (Å²) in [5.41, 5.74) is 3.10. The third kappa shape index (κ3) is 4.00. The fourth-order valence-corrected chi connectivity index (χ4v) is 3.62. The number of benzene rings is 2. The molecule has 1 fully saturated rings. The molecule has 2 amide bonds. The fraction of sp³-hybridized carbons (Fsp3) is 0.217. The number of hydrogen-bond donors (Lipinski definition) is 2. The van der Waals surface area contributed by atoms with Crippen LogP contribution in [0.4, 0.5) is 11.4 Å². The van der Waals surface area contributed by atoms with Crippen molar-refractivity contribution in [2.45, 2.75) is 19.8 Å². The number of nitrogens with zero attached hydrogens (tertiary/aromatic N) is 3. The van der Waals surface area contributed by atoms with E-state index in [4.69, 9.17) is 0 Å². The predicted molar refractivity (Wildman–Crippen MR) is 114 cm³/mol. The molecule has 0 aliphatic carbocycles. The van der Waals surface area contributed by atoms with Crippen molar-refractivity contribution in [1.29, 1.82) is 0 Å². The number of aromatic nitrogens is 2. The Morgan fingerprint density at radius 3 is 2.67 bits per heavy atom. The molecule has 30 heavy (non-hydrogen) atoms. The van der Waals surface area contributed by atoms with E-state index in [0.29, 0.717) is 23.6 Å². The summed E-state index contributed by atoms with van der Waals surface area (Å²) in [7, 11) is 0. The summed E-state index contributed by atoms with van der Waals surface area (Å²) in [6, 6.07) is 14.4. The second-order valence-corrected chi connectivity index (χ2v) is 7.22. The molecule has 1 unspecified atom stereocenters. The number of aryl methyl sites for hydroxylation is 1. The molecule has 2 heterocycles. The average Bonchev–Trinajstić information content (AvgIpc) is 3.16. The van der Waals surface area contributed by atoms with Gasteiger partial charge < -0.3 is 15.3 Å². The van der Waals surface area contributed by atoms with Gasteiger partial charge in [-0.2, -0.15) is 0 Å². The lowest BCUT2D eigenvalue weighted by molar-refractivity contribution is -0.122. The highest BCUT2D eigenvalue weighted by atomic mass is 16.3. The molecule has 4 rings (SSSR count).